The van der Waals surface area contributed by atoms with Crippen molar-refractivity contribution in [2.75, 3.05) is 13.1 Å². The highest BCUT2D eigenvalue weighted by Gasteiger charge is 2.27. The van der Waals surface area contributed by atoms with Gasteiger partial charge in [0, 0.05) is 38.0 Å². The molecule has 0 unspecified atom stereocenters. The molecule has 2 amide bonds. The van der Waals surface area contributed by atoms with Crippen LogP contribution in [-0.4, -0.2) is 46.8 Å². The molecule has 0 aromatic rings. The van der Waals surface area contributed by atoms with Crippen LogP contribution in [0, 0.1) is 0 Å². The molecule has 23 heavy (non-hydrogen) atoms. The van der Waals surface area contributed by atoms with E-state index in [0.29, 0.717) is 31.3 Å². The summed E-state index contributed by atoms with van der Waals surface area (Å²) in [5.41, 5.74) is 0. The largest absolute Gasteiger partial charge is 0.340 e. The Morgan fingerprint density at radius 3 is 1.61 bits per heavy atom. The highest BCUT2D eigenvalue weighted by molar-refractivity contribution is 5.79. The van der Waals surface area contributed by atoms with Gasteiger partial charge in [0.25, 0.3) is 0 Å². The number of carbonyl (C=O) groups is 2. The summed E-state index contributed by atoms with van der Waals surface area (Å²) < 4.78 is 0. The van der Waals surface area contributed by atoms with Crippen molar-refractivity contribution >= 4 is 11.8 Å². The number of likely N-dealkylation sites (tertiary alicyclic amines) is 2. The molecule has 2 saturated heterocycles. The predicted molar refractivity (Wildman–Crippen MR) is 93.1 cm³/mol. The highest BCUT2D eigenvalue weighted by Crippen LogP contribution is 2.22. The topological polar surface area (TPSA) is 40.6 Å². The molecule has 2 rings (SSSR count). The van der Waals surface area contributed by atoms with Crippen LogP contribution in [-0.2, 0) is 9.59 Å². The third-order valence-electron chi connectivity index (χ3n) is 5.62. The van der Waals surface area contributed by atoms with Crippen LogP contribution in [0.5, 0.6) is 0 Å². The fourth-order valence-corrected chi connectivity index (χ4v) is 4.18. The number of nitrogens with zero attached hydrogens (tertiary/aromatic N) is 2. The maximum absolute atomic E-state index is 12.4. The first-order valence-corrected chi connectivity index (χ1v) is 9.76. The van der Waals surface area contributed by atoms with Gasteiger partial charge in [-0.1, -0.05) is 13.8 Å². The van der Waals surface area contributed by atoms with Gasteiger partial charge in [0.2, 0.25) is 11.8 Å². The Morgan fingerprint density at radius 1 is 0.783 bits per heavy atom. The summed E-state index contributed by atoms with van der Waals surface area (Å²) in [5, 5.41) is 0. The van der Waals surface area contributed by atoms with E-state index in [9.17, 15) is 9.59 Å². The van der Waals surface area contributed by atoms with Crippen molar-refractivity contribution in [1.82, 2.24) is 9.80 Å². The van der Waals surface area contributed by atoms with Crippen LogP contribution in [0.1, 0.15) is 84.5 Å². The molecule has 0 aliphatic carbocycles. The van der Waals surface area contributed by atoms with Crippen LogP contribution < -0.4 is 0 Å². The zero-order valence-corrected chi connectivity index (χ0v) is 15.1. The van der Waals surface area contributed by atoms with E-state index >= 15 is 0 Å². The Hall–Kier alpha value is -1.06. The minimum atomic E-state index is 0.259. The van der Waals surface area contributed by atoms with Gasteiger partial charge in [-0.05, 0) is 57.8 Å². The summed E-state index contributed by atoms with van der Waals surface area (Å²) >= 11 is 0. The normalized spacial score (nSPS) is 25.5. The fourth-order valence-electron chi connectivity index (χ4n) is 4.18. The number of piperidine rings is 2. The monoisotopic (exact) mass is 322 g/mol. The second kappa shape index (κ2) is 9.29. The van der Waals surface area contributed by atoms with Gasteiger partial charge in [-0.3, -0.25) is 9.59 Å². The first kappa shape index (κ1) is 18.3. The lowest BCUT2D eigenvalue weighted by atomic mass is 9.98. The van der Waals surface area contributed by atoms with Crippen molar-refractivity contribution in [2.24, 2.45) is 0 Å². The van der Waals surface area contributed by atoms with E-state index in [4.69, 9.17) is 0 Å². The maximum atomic E-state index is 12.4. The Morgan fingerprint density at radius 2 is 1.22 bits per heavy atom. The van der Waals surface area contributed by atoms with Crippen molar-refractivity contribution in [3.63, 3.8) is 0 Å². The number of hydrogen-bond donors (Lipinski definition) is 0. The molecule has 0 radical (unpaired) electrons. The van der Waals surface area contributed by atoms with E-state index in [1.54, 1.807) is 0 Å². The van der Waals surface area contributed by atoms with Crippen molar-refractivity contribution in [2.45, 2.75) is 96.6 Å². The molecule has 0 spiro atoms. The zero-order valence-electron chi connectivity index (χ0n) is 15.1. The molecule has 2 atom stereocenters. The van der Waals surface area contributed by atoms with E-state index < -0.39 is 0 Å². The summed E-state index contributed by atoms with van der Waals surface area (Å²) in [4.78, 5) is 29.0. The molecule has 0 bridgehead atoms. The third-order valence-corrected chi connectivity index (χ3v) is 5.62. The summed E-state index contributed by atoms with van der Waals surface area (Å²) in [5.74, 6) is 0.519. The maximum Gasteiger partial charge on any atom is 0.222 e. The third kappa shape index (κ3) is 4.95. The number of carbonyl (C=O) groups excluding carboxylic acids is 2. The van der Waals surface area contributed by atoms with Gasteiger partial charge in [0.05, 0.1) is 0 Å². The standard InChI is InChI=1S/C19H34N2O2/c1-3-16-10-5-7-14-20(16)18(22)12-9-13-19(23)21-15-8-6-11-17(21)4-2/h16-17H,3-15H2,1-2H3/t16-,17-/m0/s1. The van der Waals surface area contributed by atoms with Gasteiger partial charge in [-0.2, -0.15) is 0 Å². The molecule has 0 saturated carbocycles. The van der Waals surface area contributed by atoms with Gasteiger partial charge >= 0.3 is 0 Å². The lowest BCUT2D eigenvalue weighted by Gasteiger charge is -2.36. The van der Waals surface area contributed by atoms with Crippen LogP contribution >= 0.6 is 0 Å². The van der Waals surface area contributed by atoms with E-state index in [0.717, 1.165) is 51.6 Å². The highest BCUT2D eigenvalue weighted by atomic mass is 16.2. The lowest BCUT2D eigenvalue weighted by molar-refractivity contribution is -0.136. The molecule has 2 heterocycles. The fraction of sp³-hybridized carbons (Fsp3) is 0.895. The van der Waals surface area contributed by atoms with E-state index in [1.165, 1.54) is 12.8 Å². The Bertz CT molecular complexity index is 361. The zero-order chi connectivity index (χ0) is 16.7. The van der Waals surface area contributed by atoms with Crippen molar-refractivity contribution < 1.29 is 9.59 Å². The molecule has 0 aromatic heterocycles. The molecule has 0 N–H and O–H groups in total. The van der Waals surface area contributed by atoms with E-state index in [1.807, 2.05) is 0 Å². The number of amides is 2. The molecule has 132 valence electrons. The molecule has 0 aromatic carbocycles. The van der Waals surface area contributed by atoms with Crippen LogP contribution in [0.3, 0.4) is 0 Å². The Labute approximate surface area is 141 Å². The van der Waals surface area contributed by atoms with Crippen molar-refractivity contribution in [3.05, 3.63) is 0 Å². The summed E-state index contributed by atoms with van der Waals surface area (Å²) in [6.07, 6.45) is 10.9. The van der Waals surface area contributed by atoms with E-state index in [2.05, 4.69) is 23.6 Å². The van der Waals surface area contributed by atoms with Gasteiger partial charge in [-0.25, -0.2) is 0 Å². The summed E-state index contributed by atoms with van der Waals surface area (Å²) in [7, 11) is 0. The minimum Gasteiger partial charge on any atom is -0.340 e. The first-order chi connectivity index (χ1) is 11.2. The SMILES string of the molecule is CC[C@H]1CCCCN1C(=O)CCCC(=O)N1CCCC[C@@H]1CC. The molecular weight excluding hydrogens is 288 g/mol. The summed E-state index contributed by atoms with van der Waals surface area (Å²) in [6.45, 7) is 6.16. The van der Waals surface area contributed by atoms with Crippen molar-refractivity contribution in [3.8, 4) is 0 Å². The average molecular weight is 322 g/mol. The molecule has 4 heteroatoms. The second-order valence-corrected chi connectivity index (χ2v) is 7.14. The Balaban J connectivity index is 1.75. The quantitative estimate of drug-likeness (QED) is 0.747. The van der Waals surface area contributed by atoms with Crippen LogP contribution in [0.4, 0.5) is 0 Å². The predicted octanol–water partition coefficient (Wildman–Crippen LogP) is 3.74. The second-order valence-electron chi connectivity index (χ2n) is 7.14. The van der Waals surface area contributed by atoms with Gasteiger partial charge in [-0.15, -0.1) is 0 Å². The lowest BCUT2D eigenvalue weighted by Crippen LogP contribution is -2.44. The van der Waals surface area contributed by atoms with Crippen LogP contribution in [0.15, 0.2) is 0 Å². The summed E-state index contributed by atoms with van der Waals surface area (Å²) in [6, 6.07) is 0.858. The van der Waals surface area contributed by atoms with Gasteiger partial charge in [0.15, 0.2) is 0 Å². The average Bonchev–Trinajstić information content (AvgIpc) is 2.61. The molecule has 2 aliphatic rings. The number of rotatable bonds is 6. The van der Waals surface area contributed by atoms with Crippen LogP contribution in [0.25, 0.3) is 0 Å². The van der Waals surface area contributed by atoms with Gasteiger partial charge in [0.1, 0.15) is 0 Å². The van der Waals surface area contributed by atoms with Crippen LogP contribution in [0.2, 0.25) is 0 Å². The smallest absolute Gasteiger partial charge is 0.222 e. The molecule has 2 aliphatic heterocycles. The molecular formula is C19H34N2O2. The first-order valence-electron chi connectivity index (χ1n) is 9.76. The Kier molecular flexibility index (Phi) is 7.38. The van der Waals surface area contributed by atoms with Crippen molar-refractivity contribution in [1.29, 1.82) is 0 Å². The van der Waals surface area contributed by atoms with E-state index in [-0.39, 0.29) is 11.8 Å². The minimum absolute atomic E-state index is 0.259. The molecule has 2 fully saturated rings. The van der Waals surface area contributed by atoms with Gasteiger partial charge < -0.3 is 9.80 Å². The number of hydrogen-bond acceptors (Lipinski definition) is 2. The molecule has 4 nitrogen and oxygen atoms in total.